The Balaban J connectivity index is 0.000000196. The first-order valence-corrected chi connectivity index (χ1v) is 8.50. The molecule has 0 aliphatic carbocycles. The first-order chi connectivity index (χ1) is 11.1. The van der Waals surface area contributed by atoms with Crippen LogP contribution in [0.5, 0.6) is 0 Å². The fraction of sp³-hybridized carbons (Fsp3) is 0. The van der Waals surface area contributed by atoms with Crippen molar-refractivity contribution >= 4 is 41.5 Å². The van der Waals surface area contributed by atoms with E-state index < -0.39 is 12.4 Å². The molecule has 130 valence electrons. The quantitative estimate of drug-likeness (QED) is 0.195. The Hall–Kier alpha value is -2.64. The molecule has 0 bridgehead atoms. The van der Waals surface area contributed by atoms with Gasteiger partial charge in [0.05, 0.1) is 6.33 Å². The van der Waals surface area contributed by atoms with Gasteiger partial charge in [-0.1, -0.05) is 0 Å². The fourth-order valence-corrected chi connectivity index (χ4v) is 1.24. The number of nitrogens with zero attached hydrogens (tertiary/aromatic N) is 3. The molecule has 15 heteroatoms. The van der Waals surface area contributed by atoms with E-state index >= 15 is 0 Å². The van der Waals surface area contributed by atoms with Crippen molar-refractivity contribution in [2.24, 2.45) is 0 Å². The van der Waals surface area contributed by atoms with Gasteiger partial charge in [0.2, 0.25) is 5.95 Å². The predicted octanol–water partition coefficient (Wildman–Crippen LogP) is -2.23. The number of H-pyrrole nitrogens is 3. The summed E-state index contributed by atoms with van der Waals surface area (Å²) in [5, 5.41) is 0. The lowest BCUT2D eigenvalue weighted by atomic mass is 10.5. The molecule has 3 aromatic rings. The van der Waals surface area contributed by atoms with E-state index in [1.165, 1.54) is 18.6 Å². The Morgan fingerprint density at radius 2 is 1.75 bits per heavy atom. The van der Waals surface area contributed by atoms with Crippen molar-refractivity contribution < 1.29 is 14.7 Å². The zero-order valence-electron chi connectivity index (χ0n) is 11.7. The Morgan fingerprint density at radius 3 is 2.25 bits per heavy atom. The monoisotopic (exact) mass is 376 g/mol. The number of aromatic nitrogens is 6. The van der Waals surface area contributed by atoms with Crippen molar-refractivity contribution in [1.82, 2.24) is 29.9 Å². The molecular formula is C9H13N8O5PS. The van der Waals surface area contributed by atoms with Crippen molar-refractivity contribution in [1.29, 1.82) is 0 Å². The SMILES string of the molecule is Nc1cc[nH]c(=O)n1.Nc1nc2nc[nH]c2c(=O)[nH]1.OP(O)(O)=S. The van der Waals surface area contributed by atoms with Crippen LogP contribution in [0.25, 0.3) is 11.2 Å². The topological polar surface area (TPSA) is 233 Å². The molecular weight excluding hydrogens is 363 g/mol. The van der Waals surface area contributed by atoms with Crippen LogP contribution in [-0.2, 0) is 11.8 Å². The Kier molecular flexibility index (Phi) is 6.69. The van der Waals surface area contributed by atoms with E-state index in [9.17, 15) is 9.59 Å². The van der Waals surface area contributed by atoms with Crippen molar-refractivity contribution in [3.8, 4) is 0 Å². The van der Waals surface area contributed by atoms with Crippen molar-refractivity contribution in [2.45, 2.75) is 0 Å². The van der Waals surface area contributed by atoms with Gasteiger partial charge in [0.1, 0.15) is 5.82 Å². The van der Waals surface area contributed by atoms with Crippen LogP contribution in [-0.4, -0.2) is 44.6 Å². The number of aromatic amines is 3. The average molecular weight is 376 g/mol. The van der Waals surface area contributed by atoms with Gasteiger partial charge in [-0.3, -0.25) is 9.78 Å². The number of nitrogen functional groups attached to an aromatic ring is 2. The van der Waals surface area contributed by atoms with E-state index in [1.807, 2.05) is 0 Å². The van der Waals surface area contributed by atoms with Crippen LogP contribution in [0.1, 0.15) is 0 Å². The van der Waals surface area contributed by atoms with E-state index in [-0.39, 0.29) is 17.3 Å². The smallest absolute Gasteiger partial charge is 0.346 e. The third-order valence-electron chi connectivity index (χ3n) is 2.01. The summed E-state index contributed by atoms with van der Waals surface area (Å²) in [6.07, 6.45) is 2.84. The molecule has 0 saturated heterocycles. The molecule has 0 atom stereocenters. The maximum Gasteiger partial charge on any atom is 0.346 e. The van der Waals surface area contributed by atoms with Crippen LogP contribution in [0, 0.1) is 0 Å². The molecule has 0 aliphatic rings. The number of imidazole rings is 1. The summed E-state index contributed by atoms with van der Waals surface area (Å²) in [6.45, 7) is -3.81. The number of nitrogens with one attached hydrogen (secondary N) is 3. The van der Waals surface area contributed by atoms with E-state index in [2.05, 4.69) is 41.7 Å². The first-order valence-electron chi connectivity index (χ1n) is 5.84. The molecule has 0 aliphatic heterocycles. The molecule has 10 N–H and O–H groups in total. The van der Waals surface area contributed by atoms with Gasteiger partial charge in [-0.15, -0.1) is 0 Å². The number of nitrogens with two attached hydrogens (primary N) is 2. The second-order valence-corrected chi connectivity index (χ2v) is 6.38. The van der Waals surface area contributed by atoms with E-state index in [1.54, 1.807) is 0 Å². The summed E-state index contributed by atoms with van der Waals surface area (Å²) in [7, 11) is 0. The van der Waals surface area contributed by atoms with Gasteiger partial charge in [-0.2, -0.15) is 9.97 Å². The number of hydrogen-bond acceptors (Lipinski definition) is 8. The molecule has 24 heavy (non-hydrogen) atoms. The molecule has 0 unspecified atom stereocenters. The molecule has 0 saturated carbocycles. The number of fused-ring (bicyclic) bond motifs is 1. The normalized spacial score (nSPS) is 10.3. The van der Waals surface area contributed by atoms with Crippen LogP contribution in [0.2, 0.25) is 0 Å². The standard InChI is InChI=1S/C5H5N5O.C4H5N3O.H3O3PS/c6-5-9-3-2(4(11)10-5)7-1-8-3;5-3-1-2-6-4(8)7-3;1-4(2,3)5/h1H,(H4,6,7,8,9,10,11);1-2H,(H3,5,6,7,8);(H3,1,2,3,5). The summed E-state index contributed by atoms with van der Waals surface area (Å²) in [6, 6.07) is 1.52. The average Bonchev–Trinajstić information content (AvgIpc) is 2.85. The molecule has 3 heterocycles. The third-order valence-corrected chi connectivity index (χ3v) is 2.01. The minimum atomic E-state index is -3.81. The highest BCUT2D eigenvalue weighted by Gasteiger charge is 2.01. The maximum absolute atomic E-state index is 11.0. The second kappa shape index (κ2) is 8.28. The molecule has 0 aromatic carbocycles. The van der Waals surface area contributed by atoms with E-state index in [0.29, 0.717) is 11.2 Å². The fourth-order valence-electron chi connectivity index (χ4n) is 1.24. The zero-order valence-corrected chi connectivity index (χ0v) is 13.5. The molecule has 0 radical (unpaired) electrons. The molecule has 0 amide bonds. The van der Waals surface area contributed by atoms with Crippen molar-refractivity contribution in [3.05, 3.63) is 39.4 Å². The first kappa shape index (κ1) is 19.4. The molecule has 3 rings (SSSR count). The van der Waals surface area contributed by atoms with Crippen molar-refractivity contribution in [2.75, 3.05) is 11.5 Å². The summed E-state index contributed by atoms with van der Waals surface area (Å²) in [5.41, 5.74) is 10.4. The summed E-state index contributed by atoms with van der Waals surface area (Å²) < 4.78 is 0. The Labute approximate surface area is 137 Å². The largest absolute Gasteiger partial charge is 0.383 e. The summed E-state index contributed by atoms with van der Waals surface area (Å²) >= 11 is 3.60. The minimum Gasteiger partial charge on any atom is -0.383 e. The van der Waals surface area contributed by atoms with Gasteiger partial charge in [0, 0.05) is 6.20 Å². The van der Waals surface area contributed by atoms with Crippen LogP contribution in [0.15, 0.2) is 28.2 Å². The van der Waals surface area contributed by atoms with Crippen LogP contribution in [0.4, 0.5) is 11.8 Å². The van der Waals surface area contributed by atoms with Crippen molar-refractivity contribution in [3.63, 3.8) is 0 Å². The van der Waals surface area contributed by atoms with Gasteiger partial charge in [0.25, 0.3) is 5.56 Å². The highest BCUT2D eigenvalue weighted by atomic mass is 32.5. The highest BCUT2D eigenvalue weighted by molar-refractivity contribution is 8.06. The summed E-state index contributed by atoms with van der Waals surface area (Å²) in [5.74, 6) is 0.323. The van der Waals surface area contributed by atoms with Gasteiger partial charge >= 0.3 is 12.4 Å². The number of hydrogen-bond donors (Lipinski definition) is 8. The van der Waals surface area contributed by atoms with Gasteiger partial charge in [-0.05, 0) is 17.9 Å². The minimum absolute atomic E-state index is 0.0783. The zero-order chi connectivity index (χ0) is 18.3. The predicted molar refractivity (Wildman–Crippen MR) is 89.1 cm³/mol. The lowest BCUT2D eigenvalue weighted by Crippen LogP contribution is -2.10. The van der Waals surface area contributed by atoms with Gasteiger partial charge in [-0.25, -0.2) is 9.78 Å². The third kappa shape index (κ3) is 7.57. The molecule has 0 spiro atoms. The lowest BCUT2D eigenvalue weighted by Gasteiger charge is -1.89. The van der Waals surface area contributed by atoms with Gasteiger partial charge in [0.15, 0.2) is 11.2 Å². The summed E-state index contributed by atoms with van der Waals surface area (Å²) in [4.78, 5) is 62.1. The lowest BCUT2D eigenvalue weighted by molar-refractivity contribution is 0.363. The highest BCUT2D eigenvalue weighted by Crippen LogP contribution is 2.26. The molecule has 3 aromatic heterocycles. The Morgan fingerprint density at radius 1 is 1.12 bits per heavy atom. The van der Waals surface area contributed by atoms with Crippen LogP contribution < -0.4 is 22.7 Å². The number of anilines is 2. The second-order valence-electron chi connectivity index (χ2n) is 3.89. The molecule has 0 fully saturated rings. The van der Waals surface area contributed by atoms with E-state index in [0.717, 1.165) is 0 Å². The Bertz CT molecular complexity index is 954. The van der Waals surface area contributed by atoms with Crippen LogP contribution in [0.3, 0.4) is 0 Å². The molecule has 13 nitrogen and oxygen atoms in total. The van der Waals surface area contributed by atoms with Crippen LogP contribution >= 0.6 is 6.72 Å². The van der Waals surface area contributed by atoms with E-state index in [4.69, 9.17) is 26.1 Å². The number of rotatable bonds is 0. The maximum atomic E-state index is 11.0. The van der Waals surface area contributed by atoms with Gasteiger partial charge < -0.3 is 36.1 Å².